The van der Waals surface area contributed by atoms with Gasteiger partial charge in [-0.25, -0.2) is 0 Å². The van der Waals surface area contributed by atoms with Crippen molar-refractivity contribution in [3.63, 3.8) is 0 Å². The Morgan fingerprint density at radius 1 is 1.22 bits per heavy atom. The fraction of sp³-hybridized carbons (Fsp3) is 0.562. The second kappa shape index (κ2) is 8.20. The van der Waals surface area contributed by atoms with Crippen molar-refractivity contribution < 1.29 is 10.2 Å². The predicted molar refractivity (Wildman–Crippen MR) is 94.2 cm³/mol. The molecule has 0 amide bonds. The molecule has 7 heteroatoms. The molecule has 0 aromatic heterocycles. The maximum Gasteiger partial charge on any atom is 0.191 e. The number of aliphatic hydroxyl groups is 2. The molecule has 0 heterocycles. The van der Waals surface area contributed by atoms with Gasteiger partial charge in [-0.05, 0) is 36.6 Å². The van der Waals surface area contributed by atoms with E-state index in [0.29, 0.717) is 28.1 Å². The summed E-state index contributed by atoms with van der Waals surface area (Å²) in [5.74, 6) is 0.539. The number of hydrogen-bond acceptors (Lipinski definition) is 3. The van der Waals surface area contributed by atoms with Gasteiger partial charge in [0.05, 0.1) is 11.7 Å². The Hall–Kier alpha value is -1.01. The minimum absolute atomic E-state index is 0.259. The number of nitrogens with one attached hydrogen (secondary N) is 2. The third kappa shape index (κ3) is 5.53. The minimum Gasteiger partial charge on any atom is -0.388 e. The van der Waals surface area contributed by atoms with Crippen LogP contribution in [0.5, 0.6) is 0 Å². The van der Waals surface area contributed by atoms with Crippen LogP contribution in [0.25, 0.3) is 0 Å². The van der Waals surface area contributed by atoms with E-state index in [-0.39, 0.29) is 6.54 Å². The van der Waals surface area contributed by atoms with Crippen LogP contribution in [0.15, 0.2) is 23.2 Å². The van der Waals surface area contributed by atoms with Gasteiger partial charge in [0.25, 0.3) is 0 Å². The van der Waals surface area contributed by atoms with Gasteiger partial charge in [0, 0.05) is 30.2 Å². The minimum atomic E-state index is -0.765. The van der Waals surface area contributed by atoms with Gasteiger partial charge in [0.15, 0.2) is 5.96 Å². The van der Waals surface area contributed by atoms with Crippen molar-refractivity contribution in [2.75, 3.05) is 20.1 Å². The van der Waals surface area contributed by atoms with Crippen LogP contribution < -0.4 is 10.6 Å². The summed E-state index contributed by atoms with van der Waals surface area (Å²) in [5, 5.41) is 27.7. The summed E-state index contributed by atoms with van der Waals surface area (Å²) < 4.78 is 0. The lowest BCUT2D eigenvalue weighted by atomic mass is 10.0. The van der Waals surface area contributed by atoms with Crippen molar-refractivity contribution in [2.24, 2.45) is 4.99 Å². The van der Waals surface area contributed by atoms with E-state index in [4.69, 9.17) is 23.2 Å². The summed E-state index contributed by atoms with van der Waals surface area (Å²) in [6, 6.07) is 4.98. The van der Waals surface area contributed by atoms with E-state index >= 15 is 0 Å². The Kier molecular flexibility index (Phi) is 6.53. The fourth-order valence-electron chi connectivity index (χ4n) is 2.76. The normalized spacial score (nSPS) is 18.7. The number of nitrogens with zero attached hydrogens (tertiary/aromatic N) is 1. The SMILES string of the molecule is CN=C(NCC(O)c1cc(Cl)cc(Cl)c1)NCC1(O)CCCC1. The van der Waals surface area contributed by atoms with E-state index in [2.05, 4.69) is 15.6 Å². The Bertz CT molecular complexity index is 540. The number of rotatable bonds is 5. The van der Waals surface area contributed by atoms with Gasteiger partial charge < -0.3 is 20.8 Å². The standard InChI is InChI=1S/C16H23Cl2N3O2/c1-19-15(21-10-16(23)4-2-3-5-16)20-9-14(22)11-6-12(17)8-13(18)7-11/h6-8,14,22-23H,2-5,9-10H2,1H3,(H2,19,20,21). The van der Waals surface area contributed by atoms with E-state index < -0.39 is 11.7 Å². The first kappa shape index (κ1) is 18.3. The molecule has 2 rings (SSSR count). The molecular formula is C16H23Cl2N3O2. The molecule has 1 aromatic carbocycles. The quantitative estimate of drug-likeness (QED) is 0.481. The Balaban J connectivity index is 1.85. The number of aliphatic imine (C=N–C) groups is 1. The van der Waals surface area contributed by atoms with E-state index in [9.17, 15) is 10.2 Å². The smallest absolute Gasteiger partial charge is 0.191 e. The largest absolute Gasteiger partial charge is 0.388 e. The van der Waals surface area contributed by atoms with Gasteiger partial charge in [0.2, 0.25) is 0 Å². The van der Waals surface area contributed by atoms with Crippen molar-refractivity contribution in [3.05, 3.63) is 33.8 Å². The van der Waals surface area contributed by atoms with Crippen molar-refractivity contribution in [1.82, 2.24) is 10.6 Å². The monoisotopic (exact) mass is 359 g/mol. The van der Waals surface area contributed by atoms with Crippen LogP contribution in [0, 0.1) is 0 Å². The molecule has 1 unspecified atom stereocenters. The van der Waals surface area contributed by atoms with Crippen LogP contribution in [0.4, 0.5) is 0 Å². The van der Waals surface area contributed by atoms with Gasteiger partial charge in [-0.3, -0.25) is 4.99 Å². The zero-order valence-corrected chi connectivity index (χ0v) is 14.7. The zero-order valence-electron chi connectivity index (χ0n) is 13.1. The second-order valence-electron chi connectivity index (χ2n) is 5.96. The summed E-state index contributed by atoms with van der Waals surface area (Å²) in [6.45, 7) is 0.709. The Morgan fingerprint density at radius 3 is 2.39 bits per heavy atom. The van der Waals surface area contributed by atoms with Crippen molar-refractivity contribution >= 4 is 29.2 Å². The first-order valence-electron chi connectivity index (χ1n) is 7.73. The Morgan fingerprint density at radius 2 is 1.83 bits per heavy atom. The van der Waals surface area contributed by atoms with Crippen molar-refractivity contribution in [3.8, 4) is 0 Å². The molecule has 1 aromatic rings. The highest BCUT2D eigenvalue weighted by atomic mass is 35.5. The lowest BCUT2D eigenvalue weighted by Gasteiger charge is -2.24. The fourth-order valence-corrected chi connectivity index (χ4v) is 3.30. The van der Waals surface area contributed by atoms with Crippen LogP contribution in [-0.2, 0) is 0 Å². The van der Waals surface area contributed by atoms with Crippen LogP contribution in [-0.4, -0.2) is 41.9 Å². The summed E-state index contributed by atoms with van der Waals surface area (Å²) in [6.07, 6.45) is 2.96. The number of halogens is 2. The molecule has 1 saturated carbocycles. The van der Waals surface area contributed by atoms with Gasteiger partial charge in [-0.1, -0.05) is 36.0 Å². The van der Waals surface area contributed by atoms with Gasteiger partial charge >= 0.3 is 0 Å². The average Bonchev–Trinajstić information content (AvgIpc) is 2.93. The highest BCUT2D eigenvalue weighted by molar-refractivity contribution is 6.34. The van der Waals surface area contributed by atoms with Crippen LogP contribution in [0.2, 0.25) is 10.0 Å². The zero-order chi connectivity index (χ0) is 16.9. The number of hydrogen-bond donors (Lipinski definition) is 4. The molecule has 1 aliphatic carbocycles. The summed E-state index contributed by atoms with van der Waals surface area (Å²) in [5.41, 5.74) is -0.0173. The van der Waals surface area contributed by atoms with E-state index in [0.717, 1.165) is 25.7 Å². The Labute approximate surface area is 146 Å². The van der Waals surface area contributed by atoms with E-state index in [1.807, 2.05) is 0 Å². The number of aliphatic hydroxyl groups excluding tert-OH is 1. The molecule has 0 aliphatic heterocycles. The van der Waals surface area contributed by atoms with E-state index in [1.165, 1.54) is 0 Å². The first-order valence-corrected chi connectivity index (χ1v) is 8.48. The first-order chi connectivity index (χ1) is 10.9. The van der Waals surface area contributed by atoms with Crippen LogP contribution >= 0.6 is 23.2 Å². The highest BCUT2D eigenvalue weighted by Crippen LogP contribution is 2.28. The summed E-state index contributed by atoms with van der Waals surface area (Å²) >= 11 is 11.9. The van der Waals surface area contributed by atoms with Crippen molar-refractivity contribution in [1.29, 1.82) is 0 Å². The molecular weight excluding hydrogens is 337 g/mol. The maximum absolute atomic E-state index is 10.3. The third-order valence-electron chi connectivity index (χ3n) is 4.08. The van der Waals surface area contributed by atoms with Gasteiger partial charge in [0.1, 0.15) is 0 Å². The molecule has 1 atom stereocenters. The van der Waals surface area contributed by atoms with Gasteiger partial charge in [-0.15, -0.1) is 0 Å². The summed E-state index contributed by atoms with van der Waals surface area (Å²) in [7, 11) is 1.65. The lowest BCUT2D eigenvalue weighted by Crippen LogP contribution is -2.46. The topological polar surface area (TPSA) is 76.9 Å². The molecule has 0 spiro atoms. The molecule has 0 saturated heterocycles. The van der Waals surface area contributed by atoms with E-state index in [1.54, 1.807) is 25.2 Å². The molecule has 1 aliphatic rings. The van der Waals surface area contributed by atoms with Crippen LogP contribution in [0.1, 0.15) is 37.4 Å². The molecule has 0 bridgehead atoms. The second-order valence-corrected chi connectivity index (χ2v) is 6.83. The maximum atomic E-state index is 10.3. The number of guanidine groups is 1. The third-order valence-corrected chi connectivity index (χ3v) is 4.51. The summed E-state index contributed by atoms with van der Waals surface area (Å²) in [4.78, 5) is 4.10. The molecule has 23 heavy (non-hydrogen) atoms. The molecule has 4 N–H and O–H groups in total. The highest BCUT2D eigenvalue weighted by Gasteiger charge is 2.30. The molecule has 1 fully saturated rings. The predicted octanol–water partition coefficient (Wildman–Crippen LogP) is 2.50. The molecule has 0 radical (unpaired) electrons. The number of benzene rings is 1. The lowest BCUT2D eigenvalue weighted by molar-refractivity contribution is 0.0521. The van der Waals surface area contributed by atoms with Crippen molar-refractivity contribution in [2.45, 2.75) is 37.4 Å². The van der Waals surface area contributed by atoms with Gasteiger partial charge in [-0.2, -0.15) is 0 Å². The average molecular weight is 360 g/mol. The van der Waals surface area contributed by atoms with Crippen LogP contribution in [0.3, 0.4) is 0 Å². The molecule has 128 valence electrons. The molecule has 5 nitrogen and oxygen atoms in total.